The molecule has 2 rings (SSSR count). The molecule has 0 fully saturated rings. The number of hydrogen-bond donors (Lipinski definition) is 3. The van der Waals surface area contributed by atoms with E-state index in [1.165, 1.54) is 19.3 Å². The van der Waals surface area contributed by atoms with E-state index in [1.54, 1.807) is 6.07 Å². The van der Waals surface area contributed by atoms with Crippen molar-refractivity contribution < 1.29 is 28.3 Å². The van der Waals surface area contributed by atoms with Gasteiger partial charge in [0.1, 0.15) is 6.04 Å². The molecule has 9 heteroatoms. The maximum Gasteiger partial charge on any atom is 0.328 e. The van der Waals surface area contributed by atoms with Crippen LogP contribution in [0.1, 0.15) is 34.2 Å². The van der Waals surface area contributed by atoms with Gasteiger partial charge in [-0.3, -0.25) is 14.4 Å². The van der Waals surface area contributed by atoms with E-state index < -0.39 is 36.3 Å². The van der Waals surface area contributed by atoms with Gasteiger partial charge in [0.15, 0.2) is 12.4 Å². The average Bonchev–Trinajstić information content (AvgIpc) is 3.22. The lowest BCUT2D eigenvalue weighted by Crippen LogP contribution is -2.41. The molecule has 160 valence electrons. The molecular formula is C21H25N3O6. The van der Waals surface area contributed by atoms with Crippen molar-refractivity contribution in [3.05, 3.63) is 53.0 Å². The van der Waals surface area contributed by atoms with Crippen LogP contribution < -0.4 is 16.0 Å². The number of aryl methyl sites for hydroxylation is 3. The van der Waals surface area contributed by atoms with Gasteiger partial charge in [-0.15, -0.1) is 0 Å². The highest BCUT2D eigenvalue weighted by Crippen LogP contribution is 2.21. The topological polar surface area (TPSA) is 127 Å². The minimum absolute atomic E-state index is 0.0532. The molecular weight excluding hydrogens is 390 g/mol. The number of nitrogens with one attached hydrogen (secondary N) is 3. The van der Waals surface area contributed by atoms with Gasteiger partial charge >= 0.3 is 5.97 Å². The molecule has 0 radical (unpaired) electrons. The Balaban J connectivity index is 1.73. The van der Waals surface area contributed by atoms with Crippen molar-refractivity contribution in [2.24, 2.45) is 0 Å². The number of carbonyl (C=O) groups is 4. The van der Waals surface area contributed by atoms with Crippen molar-refractivity contribution in [3.63, 3.8) is 0 Å². The number of ether oxygens (including phenoxy) is 1. The van der Waals surface area contributed by atoms with E-state index in [0.29, 0.717) is 5.69 Å². The molecule has 2 aromatic rings. The molecule has 1 aromatic carbocycles. The molecule has 9 nitrogen and oxygen atoms in total. The Kier molecular flexibility index (Phi) is 7.74. The maximum atomic E-state index is 12.1. The van der Waals surface area contributed by atoms with Gasteiger partial charge in [-0.05, 0) is 51.0 Å². The van der Waals surface area contributed by atoms with Crippen LogP contribution in [0.15, 0.2) is 34.9 Å². The zero-order chi connectivity index (χ0) is 22.3. The van der Waals surface area contributed by atoms with Crippen LogP contribution in [0.2, 0.25) is 0 Å². The first-order valence-corrected chi connectivity index (χ1v) is 9.32. The third-order valence-corrected chi connectivity index (χ3v) is 4.18. The predicted molar refractivity (Wildman–Crippen MR) is 109 cm³/mol. The molecule has 0 saturated heterocycles. The number of rotatable bonds is 8. The molecule has 1 atom stereocenters. The molecule has 1 aromatic heterocycles. The summed E-state index contributed by atoms with van der Waals surface area (Å²) in [5, 5.41) is 7.54. The van der Waals surface area contributed by atoms with E-state index in [0.717, 1.165) is 16.7 Å². The van der Waals surface area contributed by atoms with E-state index in [9.17, 15) is 19.2 Å². The summed E-state index contributed by atoms with van der Waals surface area (Å²) in [6.07, 6.45) is 1.33. The first kappa shape index (κ1) is 22.7. The van der Waals surface area contributed by atoms with Crippen LogP contribution in [0, 0.1) is 20.8 Å². The SMILES string of the molecule is Cc1cc(C)c(NC(=O)CNC(=O)COC(=O)[C@H](C)NC(=O)c2ccco2)c(C)c1. The lowest BCUT2D eigenvalue weighted by Gasteiger charge is -2.14. The second-order valence-corrected chi connectivity index (χ2v) is 6.88. The third-order valence-electron chi connectivity index (χ3n) is 4.18. The van der Waals surface area contributed by atoms with Crippen molar-refractivity contribution >= 4 is 29.4 Å². The van der Waals surface area contributed by atoms with E-state index in [1.807, 2.05) is 32.9 Å². The van der Waals surface area contributed by atoms with E-state index in [2.05, 4.69) is 16.0 Å². The van der Waals surface area contributed by atoms with Gasteiger partial charge < -0.3 is 25.1 Å². The van der Waals surface area contributed by atoms with Gasteiger partial charge in [-0.1, -0.05) is 17.7 Å². The summed E-state index contributed by atoms with van der Waals surface area (Å²) in [6.45, 7) is 6.32. The Morgan fingerprint density at radius 1 is 1.07 bits per heavy atom. The van der Waals surface area contributed by atoms with Crippen LogP contribution in [-0.2, 0) is 19.1 Å². The zero-order valence-corrected chi connectivity index (χ0v) is 17.3. The Hall–Kier alpha value is -3.62. The second kappa shape index (κ2) is 10.2. The van der Waals surface area contributed by atoms with Crippen molar-refractivity contribution in [2.75, 3.05) is 18.5 Å². The lowest BCUT2D eigenvalue weighted by atomic mass is 10.1. The highest BCUT2D eigenvalue weighted by molar-refractivity contribution is 5.96. The van der Waals surface area contributed by atoms with E-state index >= 15 is 0 Å². The maximum absolute atomic E-state index is 12.1. The van der Waals surface area contributed by atoms with E-state index in [-0.39, 0.29) is 12.3 Å². The van der Waals surface area contributed by atoms with Gasteiger partial charge in [-0.25, -0.2) is 4.79 Å². The molecule has 0 saturated carbocycles. The molecule has 3 N–H and O–H groups in total. The molecule has 0 aliphatic carbocycles. The first-order chi connectivity index (χ1) is 14.2. The number of carbonyl (C=O) groups excluding carboxylic acids is 4. The quantitative estimate of drug-likeness (QED) is 0.563. The van der Waals surface area contributed by atoms with Crippen molar-refractivity contribution in [1.29, 1.82) is 0 Å². The fraction of sp³-hybridized carbons (Fsp3) is 0.333. The summed E-state index contributed by atoms with van der Waals surface area (Å²) >= 11 is 0. The van der Waals surface area contributed by atoms with Gasteiger partial charge in [0.05, 0.1) is 12.8 Å². The number of hydrogen-bond acceptors (Lipinski definition) is 6. The highest BCUT2D eigenvalue weighted by atomic mass is 16.5. The van der Waals surface area contributed by atoms with Gasteiger partial charge in [0.2, 0.25) is 5.91 Å². The van der Waals surface area contributed by atoms with Gasteiger partial charge in [0, 0.05) is 5.69 Å². The van der Waals surface area contributed by atoms with E-state index in [4.69, 9.17) is 9.15 Å². The predicted octanol–water partition coefficient (Wildman–Crippen LogP) is 1.62. The molecule has 0 aliphatic rings. The summed E-state index contributed by atoms with van der Waals surface area (Å²) < 4.78 is 9.78. The summed E-state index contributed by atoms with van der Waals surface area (Å²) in [7, 11) is 0. The molecule has 3 amide bonds. The average molecular weight is 415 g/mol. The lowest BCUT2D eigenvalue weighted by molar-refractivity contribution is -0.150. The number of benzene rings is 1. The Labute approximate surface area is 174 Å². The number of furan rings is 1. The van der Waals surface area contributed by atoms with Crippen LogP contribution in [-0.4, -0.2) is 42.9 Å². The molecule has 30 heavy (non-hydrogen) atoms. The van der Waals surface area contributed by atoms with Crippen molar-refractivity contribution in [1.82, 2.24) is 10.6 Å². The number of esters is 1. The summed E-state index contributed by atoms with van der Waals surface area (Å²) in [5.74, 6) is -2.35. The summed E-state index contributed by atoms with van der Waals surface area (Å²) in [6, 6.07) is 5.91. The Morgan fingerprint density at radius 3 is 2.33 bits per heavy atom. The van der Waals surface area contributed by atoms with Gasteiger partial charge in [0.25, 0.3) is 11.8 Å². The monoisotopic (exact) mass is 415 g/mol. The number of anilines is 1. The fourth-order valence-corrected chi connectivity index (χ4v) is 2.79. The van der Waals surface area contributed by atoms with Crippen LogP contribution in [0.3, 0.4) is 0 Å². The molecule has 0 spiro atoms. The van der Waals surface area contributed by atoms with Crippen LogP contribution in [0.25, 0.3) is 0 Å². The van der Waals surface area contributed by atoms with Crippen LogP contribution in [0.4, 0.5) is 5.69 Å². The Morgan fingerprint density at radius 2 is 1.73 bits per heavy atom. The minimum Gasteiger partial charge on any atom is -0.459 e. The van der Waals surface area contributed by atoms with Crippen LogP contribution >= 0.6 is 0 Å². The second-order valence-electron chi connectivity index (χ2n) is 6.88. The first-order valence-electron chi connectivity index (χ1n) is 9.32. The Bertz CT molecular complexity index is 913. The molecule has 0 unspecified atom stereocenters. The van der Waals surface area contributed by atoms with Gasteiger partial charge in [-0.2, -0.15) is 0 Å². The fourth-order valence-electron chi connectivity index (χ4n) is 2.79. The summed E-state index contributed by atoms with van der Waals surface area (Å²) in [5.41, 5.74) is 3.64. The van der Waals surface area contributed by atoms with Crippen LogP contribution in [0.5, 0.6) is 0 Å². The molecule has 0 bridgehead atoms. The molecule has 1 heterocycles. The number of amides is 3. The molecule has 0 aliphatic heterocycles. The standard InChI is InChI=1S/C21H25N3O6/c1-12-8-13(2)19(14(3)9-12)24-17(25)10-22-18(26)11-30-21(28)15(4)23-20(27)16-6-5-7-29-16/h5-9,15H,10-11H2,1-4H3,(H,22,26)(H,23,27)(H,24,25)/t15-/m0/s1. The third kappa shape index (κ3) is 6.47. The zero-order valence-electron chi connectivity index (χ0n) is 17.3. The highest BCUT2D eigenvalue weighted by Gasteiger charge is 2.20. The van der Waals surface area contributed by atoms with Crippen molar-refractivity contribution in [2.45, 2.75) is 33.7 Å². The normalized spacial score (nSPS) is 11.3. The summed E-state index contributed by atoms with van der Waals surface area (Å²) in [4.78, 5) is 47.7. The minimum atomic E-state index is -0.980. The largest absolute Gasteiger partial charge is 0.459 e. The smallest absolute Gasteiger partial charge is 0.328 e. The van der Waals surface area contributed by atoms with Crippen molar-refractivity contribution in [3.8, 4) is 0 Å².